The Morgan fingerprint density at radius 1 is 0.209 bits per heavy atom. The van der Waals surface area contributed by atoms with E-state index in [0.717, 1.165) is 39.6 Å². The zero-order chi connectivity index (χ0) is 44.5. The van der Waals surface area contributed by atoms with Crippen LogP contribution >= 0.6 is 0 Å². The fraction of sp³-hybridized carbons (Fsp3) is 0.250. The number of benzene rings is 6. The first-order valence-electron chi connectivity index (χ1n) is 22.5. The predicted molar refractivity (Wildman–Crippen MR) is 244 cm³/mol. The van der Waals surface area contributed by atoms with Crippen molar-refractivity contribution in [2.45, 2.75) is 38.5 Å². The van der Waals surface area contributed by atoms with Crippen LogP contribution in [0.2, 0.25) is 0 Å². The second-order valence-electron chi connectivity index (χ2n) is 15.8. The average Bonchev–Trinajstić information content (AvgIpc) is 4.20. The Kier molecular flexibility index (Phi) is 14.9. The van der Waals surface area contributed by atoms with Gasteiger partial charge >= 0.3 is 61.7 Å². The van der Waals surface area contributed by atoms with Crippen LogP contribution in [-0.2, 0) is 14.2 Å². The van der Waals surface area contributed by atoms with Crippen molar-refractivity contribution < 1.29 is 111 Å². The average molecular weight is 1040 g/mol. The zero-order valence-corrected chi connectivity index (χ0v) is 39.9. The minimum atomic E-state index is -3.13. The van der Waals surface area contributed by atoms with Crippen molar-refractivity contribution >= 4 is 20.9 Å². The molecule has 0 atom stereocenters. The van der Waals surface area contributed by atoms with Crippen LogP contribution in [0.1, 0.15) is 38.5 Å². The van der Waals surface area contributed by atoms with Gasteiger partial charge in [0.1, 0.15) is 69.0 Å². The molecule has 0 aliphatic carbocycles. The van der Waals surface area contributed by atoms with Crippen molar-refractivity contribution in [3.63, 3.8) is 0 Å². The van der Waals surface area contributed by atoms with Gasteiger partial charge in [0.25, 0.3) is 0 Å². The topological polar surface area (TPSA) is 138 Å². The van der Waals surface area contributed by atoms with Crippen LogP contribution in [0.4, 0.5) is 0 Å². The van der Waals surface area contributed by atoms with Gasteiger partial charge in [0.05, 0.1) is 0 Å². The SMILES string of the molecule is C1CCOC1.C1CCOC1.C1CCOC1.[Nd+3].c1ccc2c(c1)O[B-]1(O2)Oc2ccccc2O[B-]2(Oc3ccccc3O2)Oc2ccccc2O[B-]2(Oc3ccccc3O2)Oc2ccccc2O1. The molecular formula is C48H48B3NdO15. The van der Waals surface area contributed by atoms with E-state index in [1.807, 2.05) is 36.4 Å². The van der Waals surface area contributed by atoms with Crippen molar-refractivity contribution in [2.24, 2.45) is 0 Å². The molecule has 7 aliphatic heterocycles. The fourth-order valence-electron chi connectivity index (χ4n) is 7.70. The third-order valence-corrected chi connectivity index (χ3v) is 10.8. The van der Waals surface area contributed by atoms with Crippen molar-refractivity contribution in [2.75, 3.05) is 39.6 Å². The van der Waals surface area contributed by atoms with Gasteiger partial charge in [0.2, 0.25) is 0 Å². The van der Waals surface area contributed by atoms with E-state index in [-0.39, 0.29) is 75.3 Å². The molecule has 0 amide bonds. The van der Waals surface area contributed by atoms with E-state index in [1.54, 1.807) is 109 Å². The second kappa shape index (κ2) is 21.5. The van der Waals surface area contributed by atoms with Gasteiger partial charge < -0.3 is 70.1 Å². The molecule has 0 N–H and O–H groups in total. The second-order valence-corrected chi connectivity index (χ2v) is 15.8. The summed E-state index contributed by atoms with van der Waals surface area (Å²) < 4.78 is 92.1. The summed E-state index contributed by atoms with van der Waals surface area (Å²) in [6.45, 7) is -3.38. The number of para-hydroxylation sites is 12. The van der Waals surface area contributed by atoms with Crippen LogP contribution in [-0.4, -0.2) is 60.5 Å². The smallest absolute Gasteiger partial charge is 0.609 e. The minimum Gasteiger partial charge on any atom is -0.609 e. The van der Waals surface area contributed by atoms with E-state index < -0.39 is 20.9 Å². The number of hydrogen-bond acceptors (Lipinski definition) is 15. The molecule has 67 heavy (non-hydrogen) atoms. The maximum Gasteiger partial charge on any atom is 3.00 e. The summed E-state index contributed by atoms with van der Waals surface area (Å²) in [6, 6.07) is 41.8. The molecule has 0 saturated carbocycles. The Morgan fingerprint density at radius 2 is 0.328 bits per heavy atom. The minimum absolute atomic E-state index is 0. The molecule has 7 heterocycles. The first kappa shape index (κ1) is 46.5. The zero-order valence-electron chi connectivity index (χ0n) is 36.7. The van der Waals surface area contributed by atoms with Crippen LogP contribution in [0.25, 0.3) is 0 Å². The summed E-state index contributed by atoms with van der Waals surface area (Å²) in [4.78, 5) is 0. The van der Waals surface area contributed by atoms with Crippen LogP contribution < -0.4 is 55.9 Å². The number of ether oxygens (including phenoxy) is 3. The molecular weight excluding hydrogens is 993 g/mol. The molecule has 343 valence electrons. The van der Waals surface area contributed by atoms with E-state index in [2.05, 4.69) is 0 Å². The maximum absolute atomic E-state index is 6.55. The van der Waals surface area contributed by atoms with E-state index in [4.69, 9.17) is 70.1 Å². The molecule has 3 spiro atoms. The van der Waals surface area contributed by atoms with Gasteiger partial charge in [-0.2, -0.15) is 0 Å². The Hall–Kier alpha value is -5.65. The number of fused-ring (bicyclic) bond motifs is 6. The van der Waals surface area contributed by atoms with Gasteiger partial charge in [-0.3, -0.25) is 0 Å². The number of hydrogen-bond donors (Lipinski definition) is 0. The molecule has 6 aromatic rings. The van der Waals surface area contributed by atoms with Crippen molar-refractivity contribution in [3.8, 4) is 69.0 Å². The molecule has 7 aliphatic rings. The van der Waals surface area contributed by atoms with E-state index in [0.29, 0.717) is 34.5 Å². The summed E-state index contributed by atoms with van der Waals surface area (Å²) in [5.41, 5.74) is 0. The molecule has 3 saturated heterocycles. The summed E-state index contributed by atoms with van der Waals surface area (Å²) in [5.74, 6) is 3.34. The van der Waals surface area contributed by atoms with Gasteiger partial charge in [0, 0.05) is 39.6 Å². The molecule has 3 fully saturated rings. The molecule has 6 aromatic carbocycles. The van der Waals surface area contributed by atoms with Crippen molar-refractivity contribution in [1.29, 1.82) is 0 Å². The van der Waals surface area contributed by atoms with Crippen molar-refractivity contribution in [3.05, 3.63) is 146 Å². The summed E-state index contributed by atoms with van der Waals surface area (Å²) in [5, 5.41) is 0. The van der Waals surface area contributed by atoms with Crippen LogP contribution in [0.15, 0.2) is 146 Å². The van der Waals surface area contributed by atoms with E-state index in [1.165, 1.54) is 38.5 Å². The molecule has 0 unspecified atom stereocenters. The first-order chi connectivity index (χ1) is 32.5. The van der Waals surface area contributed by atoms with Gasteiger partial charge in [-0.25, -0.2) is 0 Å². The first-order valence-corrected chi connectivity index (χ1v) is 22.5. The van der Waals surface area contributed by atoms with Gasteiger partial charge in [-0.1, -0.05) is 72.8 Å². The molecule has 13 rings (SSSR count). The van der Waals surface area contributed by atoms with E-state index in [9.17, 15) is 0 Å². The summed E-state index contributed by atoms with van der Waals surface area (Å²) in [7, 11) is 0. The van der Waals surface area contributed by atoms with Gasteiger partial charge in [0.15, 0.2) is 0 Å². The van der Waals surface area contributed by atoms with Gasteiger partial charge in [-0.15, -0.1) is 0 Å². The largest absolute Gasteiger partial charge is 3.00 e. The third-order valence-electron chi connectivity index (χ3n) is 10.8. The standard InChI is InChI=1S/C36H24B3O12.3C4H8O.Nd/c1-2-14-26-25(13-1)40-37(46-31-19-7-8-20-32(31)47-37)42-27-15-3-4-16-28(27)44-39(50-35-23-11-12-24-36(35)51-39)45-30-18-6-5-17-29(30)43-38(41-26)48-33-21-9-10-22-34(33)49-38;3*1-2-4-5-3-1;/h1-24H;3*1-4H2;/q-3;;;;+3. The van der Waals surface area contributed by atoms with Crippen LogP contribution in [0, 0.1) is 40.8 Å². The molecule has 15 nitrogen and oxygen atoms in total. The number of rotatable bonds is 0. The quantitative estimate of drug-likeness (QED) is 0.133. The molecule has 1 radical (unpaired) electrons. The monoisotopic (exact) mass is 1040 g/mol. The Balaban J connectivity index is 0.000000299. The summed E-state index contributed by atoms with van der Waals surface area (Å²) in [6.07, 6.45) is 7.67. The van der Waals surface area contributed by atoms with Gasteiger partial charge in [-0.05, 0) is 111 Å². The fourth-order valence-corrected chi connectivity index (χ4v) is 7.70. The third kappa shape index (κ3) is 11.2. The van der Waals surface area contributed by atoms with E-state index >= 15 is 0 Å². The van der Waals surface area contributed by atoms with Crippen molar-refractivity contribution in [1.82, 2.24) is 0 Å². The predicted octanol–water partition coefficient (Wildman–Crippen LogP) is 9.48. The Bertz CT molecular complexity index is 2120. The maximum atomic E-state index is 6.55. The molecule has 19 heteroatoms. The Morgan fingerprint density at radius 3 is 0.418 bits per heavy atom. The summed E-state index contributed by atoms with van der Waals surface area (Å²) >= 11 is 0. The van der Waals surface area contributed by atoms with Crippen LogP contribution in [0.3, 0.4) is 0 Å². The molecule has 0 aromatic heterocycles. The normalized spacial score (nSPS) is 18.6. The van der Waals surface area contributed by atoms with Crippen LogP contribution in [0.5, 0.6) is 69.0 Å². The Labute approximate surface area is 421 Å². The molecule has 0 bridgehead atoms.